The van der Waals surface area contributed by atoms with Gasteiger partial charge in [0.1, 0.15) is 0 Å². The summed E-state index contributed by atoms with van der Waals surface area (Å²) in [6.07, 6.45) is 8.21. The molecule has 98 valence electrons. The Morgan fingerprint density at radius 3 is 2.41 bits per heavy atom. The summed E-state index contributed by atoms with van der Waals surface area (Å²) in [5.41, 5.74) is 0. The van der Waals surface area contributed by atoms with E-state index in [1.165, 1.54) is 38.5 Å². The molecule has 2 rings (SSSR count). The normalized spacial score (nSPS) is 29.1. The average Bonchev–Trinajstić information content (AvgIpc) is 3.13. The number of carbonyl (C=O) groups is 1. The Labute approximate surface area is 105 Å². The van der Waals surface area contributed by atoms with Crippen molar-refractivity contribution in [3.63, 3.8) is 0 Å². The number of nitrogens with one attached hydrogen (secondary N) is 1. The summed E-state index contributed by atoms with van der Waals surface area (Å²) < 4.78 is 0. The maximum absolute atomic E-state index is 12.0. The molecule has 0 unspecified atom stereocenters. The maximum atomic E-state index is 12.0. The largest absolute Gasteiger partial charge is 0.343 e. The molecule has 0 heterocycles. The van der Waals surface area contributed by atoms with Crippen LogP contribution in [0, 0.1) is 5.92 Å². The molecule has 1 amide bonds. The van der Waals surface area contributed by atoms with Crippen LogP contribution in [0.25, 0.3) is 0 Å². The van der Waals surface area contributed by atoms with E-state index in [0.29, 0.717) is 24.4 Å². The molecule has 1 N–H and O–H groups in total. The molecule has 3 nitrogen and oxygen atoms in total. The second-order valence-electron chi connectivity index (χ2n) is 5.90. The third-order valence-corrected chi connectivity index (χ3v) is 4.28. The minimum atomic E-state index is 0.317. The molecule has 0 aliphatic heterocycles. The van der Waals surface area contributed by atoms with Crippen molar-refractivity contribution in [3.8, 4) is 0 Å². The van der Waals surface area contributed by atoms with Crippen LogP contribution < -0.4 is 5.32 Å². The fourth-order valence-electron chi connectivity index (χ4n) is 2.68. The third kappa shape index (κ3) is 3.98. The summed E-state index contributed by atoms with van der Waals surface area (Å²) in [5.74, 6) is 1.17. The van der Waals surface area contributed by atoms with E-state index < -0.39 is 0 Å². The van der Waals surface area contributed by atoms with E-state index in [0.717, 1.165) is 12.5 Å². The second kappa shape index (κ2) is 5.85. The van der Waals surface area contributed by atoms with Crippen LogP contribution in [0.1, 0.15) is 51.9 Å². The van der Waals surface area contributed by atoms with Crippen molar-refractivity contribution in [2.45, 2.75) is 64.0 Å². The highest BCUT2D eigenvalue weighted by Crippen LogP contribution is 2.26. The second-order valence-corrected chi connectivity index (χ2v) is 5.90. The molecule has 2 aliphatic carbocycles. The van der Waals surface area contributed by atoms with Crippen molar-refractivity contribution in [3.05, 3.63) is 0 Å². The summed E-state index contributed by atoms with van der Waals surface area (Å²) in [7, 11) is 1.99. The quantitative estimate of drug-likeness (QED) is 0.796. The van der Waals surface area contributed by atoms with E-state index in [2.05, 4.69) is 12.2 Å². The molecule has 0 aromatic heterocycles. The van der Waals surface area contributed by atoms with E-state index in [9.17, 15) is 4.79 Å². The number of nitrogens with zero attached hydrogens (tertiary/aromatic N) is 1. The summed E-state index contributed by atoms with van der Waals surface area (Å²) in [6.45, 7) is 3.18. The van der Waals surface area contributed by atoms with E-state index in [-0.39, 0.29) is 0 Å². The summed E-state index contributed by atoms with van der Waals surface area (Å²) in [5, 5.41) is 3.40. The fraction of sp³-hybridized carbons (Fsp3) is 0.929. The highest BCUT2D eigenvalue weighted by Gasteiger charge is 2.25. The van der Waals surface area contributed by atoms with Gasteiger partial charge >= 0.3 is 0 Å². The summed E-state index contributed by atoms with van der Waals surface area (Å²) in [4.78, 5) is 14.0. The van der Waals surface area contributed by atoms with Crippen molar-refractivity contribution in [1.82, 2.24) is 10.2 Å². The lowest BCUT2D eigenvalue weighted by atomic mass is 9.86. The van der Waals surface area contributed by atoms with Crippen molar-refractivity contribution >= 4 is 5.91 Å². The Morgan fingerprint density at radius 2 is 1.82 bits per heavy atom. The highest BCUT2D eigenvalue weighted by atomic mass is 16.2. The van der Waals surface area contributed by atoms with Gasteiger partial charge in [-0.15, -0.1) is 0 Å². The van der Waals surface area contributed by atoms with Crippen molar-refractivity contribution < 1.29 is 4.79 Å². The number of rotatable bonds is 5. The van der Waals surface area contributed by atoms with Crippen molar-refractivity contribution in [2.24, 2.45) is 5.92 Å². The predicted molar refractivity (Wildman–Crippen MR) is 69.8 cm³/mol. The topological polar surface area (TPSA) is 32.3 Å². The molecular formula is C14H26N2O. The van der Waals surface area contributed by atoms with Gasteiger partial charge in [-0.2, -0.15) is 0 Å². The molecule has 0 aromatic rings. The monoisotopic (exact) mass is 238 g/mol. The first-order valence-electron chi connectivity index (χ1n) is 7.16. The molecule has 2 saturated carbocycles. The molecule has 0 radical (unpaired) electrons. The van der Waals surface area contributed by atoms with Crippen LogP contribution in [0.5, 0.6) is 0 Å². The van der Waals surface area contributed by atoms with Crippen LogP contribution in [-0.2, 0) is 4.79 Å². The third-order valence-electron chi connectivity index (χ3n) is 4.28. The van der Waals surface area contributed by atoms with Crippen LogP contribution in [0.15, 0.2) is 0 Å². The first-order valence-corrected chi connectivity index (χ1v) is 7.16. The number of carbonyl (C=O) groups excluding carboxylic acids is 1. The Balaban J connectivity index is 1.66. The van der Waals surface area contributed by atoms with E-state index in [4.69, 9.17) is 0 Å². The van der Waals surface area contributed by atoms with E-state index in [1.54, 1.807) is 0 Å². The van der Waals surface area contributed by atoms with Gasteiger partial charge in [0.25, 0.3) is 0 Å². The van der Waals surface area contributed by atoms with Crippen LogP contribution in [0.2, 0.25) is 0 Å². The first-order chi connectivity index (χ1) is 8.16. The van der Waals surface area contributed by atoms with Crippen LogP contribution >= 0.6 is 0 Å². The van der Waals surface area contributed by atoms with Gasteiger partial charge in [-0.1, -0.05) is 6.92 Å². The zero-order valence-electron chi connectivity index (χ0n) is 11.2. The molecule has 0 saturated heterocycles. The van der Waals surface area contributed by atoms with Crippen LogP contribution in [-0.4, -0.2) is 36.5 Å². The van der Waals surface area contributed by atoms with Gasteiger partial charge in [-0.05, 0) is 44.4 Å². The Morgan fingerprint density at radius 1 is 1.18 bits per heavy atom. The Hall–Kier alpha value is -0.570. The van der Waals surface area contributed by atoms with Crippen LogP contribution in [0.3, 0.4) is 0 Å². The van der Waals surface area contributed by atoms with E-state index >= 15 is 0 Å². The lowest BCUT2D eigenvalue weighted by molar-refractivity contribution is -0.132. The minimum absolute atomic E-state index is 0.317. The number of hydrogen-bond donors (Lipinski definition) is 1. The zero-order chi connectivity index (χ0) is 12.3. The van der Waals surface area contributed by atoms with Crippen molar-refractivity contribution in [2.75, 3.05) is 13.6 Å². The average molecular weight is 238 g/mol. The lowest BCUT2D eigenvalue weighted by Gasteiger charge is -2.33. The van der Waals surface area contributed by atoms with Crippen LogP contribution in [0.4, 0.5) is 0 Å². The lowest BCUT2D eigenvalue weighted by Crippen LogP contribution is -2.40. The predicted octanol–water partition coefficient (Wildman–Crippen LogP) is 2.17. The molecule has 2 aliphatic rings. The molecule has 2 fully saturated rings. The van der Waals surface area contributed by atoms with Gasteiger partial charge in [0.05, 0.1) is 0 Å². The maximum Gasteiger partial charge on any atom is 0.223 e. The summed E-state index contributed by atoms with van der Waals surface area (Å²) >= 11 is 0. The van der Waals surface area contributed by atoms with E-state index in [1.807, 2.05) is 11.9 Å². The molecule has 0 bridgehead atoms. The Bertz CT molecular complexity index is 255. The van der Waals surface area contributed by atoms with Gasteiger partial charge in [0.2, 0.25) is 5.91 Å². The van der Waals surface area contributed by atoms with Gasteiger partial charge in [-0.25, -0.2) is 0 Å². The zero-order valence-corrected chi connectivity index (χ0v) is 11.2. The first kappa shape index (κ1) is 12.9. The van der Waals surface area contributed by atoms with Gasteiger partial charge in [0.15, 0.2) is 0 Å². The minimum Gasteiger partial charge on any atom is -0.343 e. The van der Waals surface area contributed by atoms with Crippen molar-refractivity contribution in [1.29, 1.82) is 0 Å². The van der Waals surface area contributed by atoms with Gasteiger partial charge < -0.3 is 10.2 Å². The standard InChI is InChI=1S/C14H26N2O/c1-11-3-7-13(8-4-11)16(2)14(17)9-10-15-12-5-6-12/h11-13,15H,3-10H2,1-2H3. The molecule has 3 heteroatoms. The smallest absolute Gasteiger partial charge is 0.223 e. The molecular weight excluding hydrogens is 212 g/mol. The van der Waals surface area contributed by atoms with Gasteiger partial charge in [0, 0.05) is 32.1 Å². The molecule has 0 atom stereocenters. The Kier molecular flexibility index (Phi) is 4.43. The highest BCUT2D eigenvalue weighted by molar-refractivity contribution is 5.76. The number of hydrogen-bond acceptors (Lipinski definition) is 2. The molecule has 0 aromatic carbocycles. The molecule has 17 heavy (non-hydrogen) atoms. The molecule has 0 spiro atoms. The number of amides is 1. The SMILES string of the molecule is CC1CCC(N(C)C(=O)CCNC2CC2)CC1. The van der Waals surface area contributed by atoms with Gasteiger partial charge in [-0.3, -0.25) is 4.79 Å². The fourth-order valence-corrected chi connectivity index (χ4v) is 2.68. The summed E-state index contributed by atoms with van der Waals surface area (Å²) in [6, 6.07) is 1.21.